The van der Waals surface area contributed by atoms with E-state index in [2.05, 4.69) is 4.74 Å². The molecule has 0 fully saturated rings. The van der Waals surface area contributed by atoms with Gasteiger partial charge in [0.05, 0.1) is 7.11 Å². The molecular weight excluding hydrogens is 178 g/mol. The average Bonchev–Trinajstić information content (AvgIpc) is 2.26. The fourth-order valence-corrected chi connectivity index (χ4v) is 0.994. The van der Waals surface area contributed by atoms with Gasteiger partial charge in [-0.25, -0.2) is 0 Å². The minimum absolute atomic E-state index is 0.00120. The molecule has 1 aromatic carbocycles. The summed E-state index contributed by atoms with van der Waals surface area (Å²) in [6.07, 6.45) is 1.15. The monoisotopic (exact) mass is 187 g/mol. The highest BCUT2D eigenvalue weighted by Gasteiger charge is 2.11. The molecule has 3 nitrogen and oxygen atoms in total. The number of Topliss-reactive ketones (excluding diaryl/α,β-unsaturated/α-hetero) is 1. The molecule has 14 heavy (non-hydrogen) atoms. The van der Waals surface area contributed by atoms with Crippen molar-refractivity contribution < 1.29 is 9.53 Å². The van der Waals surface area contributed by atoms with Crippen LogP contribution in [0.2, 0.25) is 0 Å². The van der Waals surface area contributed by atoms with Crippen LogP contribution >= 0.6 is 0 Å². The summed E-state index contributed by atoms with van der Waals surface area (Å²) in [6.45, 7) is 0. The molecular formula is C11H9NO2. The van der Waals surface area contributed by atoms with Gasteiger partial charge in [0.2, 0.25) is 5.78 Å². The molecule has 0 unspecified atom stereocenters. The van der Waals surface area contributed by atoms with Crippen LogP contribution in [0.5, 0.6) is 0 Å². The van der Waals surface area contributed by atoms with Crippen molar-refractivity contribution in [1.82, 2.24) is 0 Å². The SMILES string of the molecule is COC=C(C#N)C(=O)c1ccccc1. The van der Waals surface area contributed by atoms with E-state index in [1.807, 2.05) is 6.07 Å². The molecule has 0 N–H and O–H groups in total. The standard InChI is InChI=1S/C11H9NO2/c1-14-8-10(7-12)11(13)9-5-3-2-4-6-9/h2-6,8H,1H3. The van der Waals surface area contributed by atoms with E-state index in [0.29, 0.717) is 5.56 Å². The Labute approximate surface area is 82.2 Å². The number of carbonyl (C=O) groups is 1. The van der Waals surface area contributed by atoms with Crippen molar-refractivity contribution in [1.29, 1.82) is 5.26 Å². The first-order valence-electron chi connectivity index (χ1n) is 4.02. The van der Waals surface area contributed by atoms with Gasteiger partial charge in [0.15, 0.2) is 0 Å². The number of methoxy groups -OCH3 is 1. The van der Waals surface area contributed by atoms with Gasteiger partial charge in [-0.15, -0.1) is 0 Å². The molecule has 0 aliphatic rings. The van der Waals surface area contributed by atoms with Crippen LogP contribution < -0.4 is 0 Å². The average molecular weight is 187 g/mol. The summed E-state index contributed by atoms with van der Waals surface area (Å²) in [5, 5.41) is 8.67. The first kappa shape index (κ1) is 10.0. The number of carbonyl (C=O) groups excluding carboxylic acids is 1. The second-order valence-electron chi connectivity index (χ2n) is 2.57. The lowest BCUT2D eigenvalue weighted by molar-refractivity contribution is 0.103. The maximum Gasteiger partial charge on any atom is 0.206 e. The number of ketones is 1. The molecule has 0 atom stereocenters. The Morgan fingerprint density at radius 3 is 2.57 bits per heavy atom. The molecule has 0 aliphatic carbocycles. The zero-order valence-corrected chi connectivity index (χ0v) is 7.73. The fourth-order valence-electron chi connectivity index (χ4n) is 0.994. The van der Waals surface area contributed by atoms with Crippen molar-refractivity contribution in [2.75, 3.05) is 7.11 Å². The Kier molecular flexibility index (Phi) is 3.45. The Hall–Kier alpha value is -2.08. The Balaban J connectivity index is 2.97. The third-order valence-electron chi connectivity index (χ3n) is 1.64. The summed E-state index contributed by atoms with van der Waals surface area (Å²) in [7, 11) is 1.40. The highest BCUT2D eigenvalue weighted by Crippen LogP contribution is 2.07. The highest BCUT2D eigenvalue weighted by molar-refractivity contribution is 6.11. The van der Waals surface area contributed by atoms with Crippen molar-refractivity contribution in [2.45, 2.75) is 0 Å². The van der Waals surface area contributed by atoms with E-state index < -0.39 is 0 Å². The maximum absolute atomic E-state index is 11.6. The number of hydrogen-bond acceptors (Lipinski definition) is 3. The normalized spacial score (nSPS) is 10.4. The van der Waals surface area contributed by atoms with Crippen LogP contribution in [-0.4, -0.2) is 12.9 Å². The fraction of sp³-hybridized carbons (Fsp3) is 0.0909. The number of hydrogen-bond donors (Lipinski definition) is 0. The number of rotatable bonds is 3. The molecule has 1 aromatic rings. The third-order valence-corrected chi connectivity index (χ3v) is 1.64. The molecule has 0 saturated carbocycles. The van der Waals surface area contributed by atoms with Gasteiger partial charge in [0, 0.05) is 5.56 Å². The Morgan fingerprint density at radius 1 is 1.43 bits per heavy atom. The summed E-state index contributed by atoms with van der Waals surface area (Å²) in [5.41, 5.74) is 0.482. The smallest absolute Gasteiger partial charge is 0.206 e. The largest absolute Gasteiger partial charge is 0.503 e. The van der Waals surface area contributed by atoms with Gasteiger partial charge >= 0.3 is 0 Å². The summed E-state index contributed by atoms with van der Waals surface area (Å²) >= 11 is 0. The molecule has 0 radical (unpaired) electrons. The van der Waals surface area contributed by atoms with E-state index in [1.165, 1.54) is 7.11 Å². The third kappa shape index (κ3) is 2.20. The van der Waals surface area contributed by atoms with Crippen LogP contribution in [-0.2, 0) is 4.74 Å². The van der Waals surface area contributed by atoms with E-state index >= 15 is 0 Å². The van der Waals surface area contributed by atoms with Gasteiger partial charge in [-0.1, -0.05) is 30.3 Å². The Morgan fingerprint density at radius 2 is 2.07 bits per heavy atom. The Bertz CT molecular complexity index is 387. The first-order chi connectivity index (χ1) is 6.79. The van der Waals surface area contributed by atoms with E-state index in [4.69, 9.17) is 5.26 Å². The van der Waals surface area contributed by atoms with Crippen molar-refractivity contribution in [2.24, 2.45) is 0 Å². The minimum Gasteiger partial charge on any atom is -0.503 e. The summed E-state index contributed by atoms with van der Waals surface area (Å²) in [6, 6.07) is 10.4. The molecule has 0 saturated heterocycles. The lowest BCUT2D eigenvalue weighted by atomic mass is 10.1. The predicted octanol–water partition coefficient (Wildman–Crippen LogP) is 1.92. The highest BCUT2D eigenvalue weighted by atomic mass is 16.5. The van der Waals surface area contributed by atoms with Gasteiger partial charge in [-0.2, -0.15) is 5.26 Å². The van der Waals surface area contributed by atoms with Crippen LogP contribution in [0.25, 0.3) is 0 Å². The lowest BCUT2D eigenvalue weighted by Crippen LogP contribution is -2.01. The van der Waals surface area contributed by atoms with Crippen molar-refractivity contribution >= 4 is 5.78 Å². The number of allylic oxidation sites excluding steroid dienone is 1. The van der Waals surface area contributed by atoms with Crippen molar-refractivity contribution in [3.05, 3.63) is 47.7 Å². The van der Waals surface area contributed by atoms with E-state index in [0.717, 1.165) is 6.26 Å². The van der Waals surface area contributed by atoms with E-state index in [-0.39, 0.29) is 11.4 Å². The molecule has 0 aromatic heterocycles. The quantitative estimate of drug-likeness (QED) is 0.314. The van der Waals surface area contributed by atoms with E-state index in [9.17, 15) is 4.79 Å². The van der Waals surface area contributed by atoms with Crippen LogP contribution in [0.15, 0.2) is 42.2 Å². The molecule has 1 rings (SSSR count). The van der Waals surface area contributed by atoms with Crippen LogP contribution in [0, 0.1) is 11.3 Å². The first-order valence-corrected chi connectivity index (χ1v) is 4.02. The summed E-state index contributed by atoms with van der Waals surface area (Å²) in [5.74, 6) is -0.324. The van der Waals surface area contributed by atoms with Crippen molar-refractivity contribution in [3.63, 3.8) is 0 Å². The van der Waals surface area contributed by atoms with Gasteiger partial charge in [-0.3, -0.25) is 4.79 Å². The number of nitrogens with zero attached hydrogens (tertiary/aromatic N) is 1. The molecule has 3 heteroatoms. The molecule has 70 valence electrons. The van der Waals surface area contributed by atoms with E-state index in [1.54, 1.807) is 30.3 Å². The zero-order valence-electron chi connectivity index (χ0n) is 7.73. The molecule has 0 heterocycles. The topological polar surface area (TPSA) is 50.1 Å². The summed E-state index contributed by atoms with van der Waals surface area (Å²) < 4.78 is 4.63. The summed E-state index contributed by atoms with van der Waals surface area (Å²) in [4.78, 5) is 11.6. The minimum atomic E-state index is -0.324. The van der Waals surface area contributed by atoms with Gasteiger partial charge in [0.1, 0.15) is 17.9 Å². The molecule has 0 amide bonds. The number of benzene rings is 1. The lowest BCUT2D eigenvalue weighted by Gasteiger charge is -1.97. The van der Waals surface area contributed by atoms with Gasteiger partial charge < -0.3 is 4.74 Å². The van der Waals surface area contributed by atoms with Gasteiger partial charge in [0.25, 0.3) is 0 Å². The second kappa shape index (κ2) is 4.83. The molecule has 0 aliphatic heterocycles. The second-order valence-corrected chi connectivity index (χ2v) is 2.57. The van der Waals surface area contributed by atoms with Crippen LogP contribution in [0.1, 0.15) is 10.4 Å². The number of ether oxygens (including phenoxy) is 1. The maximum atomic E-state index is 11.6. The number of nitriles is 1. The van der Waals surface area contributed by atoms with Crippen molar-refractivity contribution in [3.8, 4) is 6.07 Å². The molecule has 0 spiro atoms. The predicted molar refractivity (Wildman–Crippen MR) is 51.5 cm³/mol. The zero-order chi connectivity index (χ0) is 10.4. The van der Waals surface area contributed by atoms with Gasteiger partial charge in [-0.05, 0) is 0 Å². The molecule has 0 bridgehead atoms. The van der Waals surface area contributed by atoms with Crippen LogP contribution in [0.4, 0.5) is 0 Å². The van der Waals surface area contributed by atoms with Crippen LogP contribution in [0.3, 0.4) is 0 Å².